The van der Waals surface area contributed by atoms with E-state index < -0.39 is 0 Å². The van der Waals surface area contributed by atoms with E-state index in [4.69, 9.17) is 0 Å². The summed E-state index contributed by atoms with van der Waals surface area (Å²) in [6.45, 7) is 4.24. The Morgan fingerprint density at radius 3 is 1.64 bits per heavy atom. The van der Waals surface area contributed by atoms with Gasteiger partial charge in [-0.15, -0.1) is 22.7 Å². The van der Waals surface area contributed by atoms with Crippen LogP contribution in [0.1, 0.15) is 42.9 Å². The summed E-state index contributed by atoms with van der Waals surface area (Å²) < 4.78 is 1.22. The Kier molecular flexibility index (Phi) is 4.73. The lowest BCUT2D eigenvalue weighted by atomic mass is 10.2. The van der Waals surface area contributed by atoms with Gasteiger partial charge in [0.2, 0.25) is 0 Å². The number of hydrogen-bond donors (Lipinski definition) is 0. The molecule has 0 aliphatic carbocycles. The lowest BCUT2D eigenvalue weighted by Gasteiger charge is -2.07. The van der Waals surface area contributed by atoms with E-state index in [-0.39, 0.29) is 0 Å². The van der Waals surface area contributed by atoms with Crippen molar-refractivity contribution in [3.8, 4) is 0 Å². The maximum Gasteiger partial charge on any atom is 0.160 e. The first kappa shape index (κ1) is 15.8. The molecular weight excluding hydrogens is 352 g/mol. The quantitative estimate of drug-likeness (QED) is 0.634. The minimum absolute atomic E-state index is 0.717. The zero-order valence-corrected chi connectivity index (χ0v) is 15.2. The van der Waals surface area contributed by atoms with Crippen LogP contribution >= 0.6 is 46.2 Å². The molecule has 0 aromatic carbocycles. The highest BCUT2D eigenvalue weighted by Crippen LogP contribution is 2.54. The molecular formula is C16H12O2S4. The van der Waals surface area contributed by atoms with Crippen LogP contribution in [0.4, 0.5) is 0 Å². The first-order chi connectivity index (χ1) is 10.6. The second-order valence-electron chi connectivity index (χ2n) is 4.62. The molecule has 2 aromatic rings. The Hall–Kier alpha value is -1.08. The maximum atomic E-state index is 11.0. The number of carbonyl (C=O) groups is 2. The van der Waals surface area contributed by atoms with E-state index in [1.54, 1.807) is 23.5 Å². The second kappa shape index (κ2) is 6.58. The van der Waals surface area contributed by atoms with Crippen LogP contribution in [-0.2, 0) is 0 Å². The maximum absolute atomic E-state index is 11.0. The van der Waals surface area contributed by atoms with Crippen molar-refractivity contribution in [1.82, 2.24) is 0 Å². The fourth-order valence-corrected chi connectivity index (χ4v) is 6.72. The topological polar surface area (TPSA) is 34.1 Å². The number of thiophene rings is 2. The molecule has 0 bridgehead atoms. The van der Waals surface area contributed by atoms with Crippen molar-refractivity contribution in [1.29, 1.82) is 0 Å². The highest BCUT2D eigenvalue weighted by atomic mass is 32.2. The molecule has 0 fully saturated rings. The summed E-state index contributed by atoms with van der Waals surface area (Å²) in [4.78, 5) is 28.2. The molecule has 3 rings (SSSR count). The van der Waals surface area contributed by atoms with Crippen LogP contribution in [-0.4, -0.2) is 12.6 Å². The van der Waals surface area contributed by atoms with Crippen molar-refractivity contribution >= 4 is 64.3 Å². The summed E-state index contributed by atoms with van der Waals surface area (Å²) in [5.41, 5.74) is 1.13. The molecule has 6 heteroatoms. The van der Waals surface area contributed by atoms with E-state index in [1.165, 1.54) is 36.7 Å². The van der Waals surface area contributed by atoms with Gasteiger partial charge in [0.25, 0.3) is 0 Å². The van der Waals surface area contributed by atoms with Crippen LogP contribution in [0.2, 0.25) is 0 Å². The number of allylic oxidation sites excluding steroid dienone is 2. The van der Waals surface area contributed by atoms with Gasteiger partial charge in [0.1, 0.15) is 0 Å². The average molecular weight is 365 g/mol. The molecule has 3 heterocycles. The van der Waals surface area contributed by atoms with E-state index in [9.17, 15) is 9.59 Å². The zero-order chi connectivity index (χ0) is 15.7. The molecule has 0 radical (unpaired) electrons. The van der Waals surface area contributed by atoms with Gasteiger partial charge in [-0.1, -0.05) is 23.5 Å². The molecule has 2 aromatic heterocycles. The highest BCUT2D eigenvalue weighted by molar-refractivity contribution is 8.28. The van der Waals surface area contributed by atoms with Crippen molar-refractivity contribution in [3.63, 3.8) is 0 Å². The molecule has 22 heavy (non-hydrogen) atoms. The first-order valence-corrected chi connectivity index (χ1v) is 9.77. The van der Waals surface area contributed by atoms with Gasteiger partial charge >= 0.3 is 0 Å². The summed E-state index contributed by atoms with van der Waals surface area (Å²) in [5, 5.41) is 0. The van der Waals surface area contributed by atoms with Crippen LogP contribution in [0.3, 0.4) is 0 Å². The standard InChI is InChI=1S/C16H12O2S4/c1-9-10(2)20-16(19-9)15(13-5-3-11(7-17)21-13)14-6-4-12(8-18)22-14/h3-8H,1-2H3. The van der Waals surface area contributed by atoms with E-state index in [1.807, 2.05) is 24.3 Å². The molecule has 1 aliphatic rings. The minimum atomic E-state index is 0.717. The Labute approximate surface area is 145 Å². The molecule has 0 amide bonds. The monoisotopic (exact) mass is 364 g/mol. The van der Waals surface area contributed by atoms with Crippen molar-refractivity contribution in [2.45, 2.75) is 13.8 Å². The van der Waals surface area contributed by atoms with E-state index in [0.717, 1.165) is 37.7 Å². The minimum Gasteiger partial charge on any atom is -0.297 e. The van der Waals surface area contributed by atoms with Crippen molar-refractivity contribution in [3.05, 3.63) is 57.8 Å². The third-order valence-electron chi connectivity index (χ3n) is 3.17. The third kappa shape index (κ3) is 3.01. The Balaban J connectivity index is 2.12. The molecule has 2 nitrogen and oxygen atoms in total. The summed E-state index contributed by atoms with van der Waals surface area (Å²) in [5.74, 6) is 0. The van der Waals surface area contributed by atoms with Gasteiger partial charge in [-0.3, -0.25) is 9.59 Å². The van der Waals surface area contributed by atoms with Gasteiger partial charge in [0.15, 0.2) is 12.6 Å². The van der Waals surface area contributed by atoms with Crippen LogP contribution in [0.15, 0.2) is 38.3 Å². The smallest absolute Gasteiger partial charge is 0.160 e. The summed E-state index contributed by atoms with van der Waals surface area (Å²) in [7, 11) is 0. The third-order valence-corrected chi connectivity index (χ3v) is 7.86. The highest BCUT2D eigenvalue weighted by Gasteiger charge is 2.23. The van der Waals surface area contributed by atoms with E-state index >= 15 is 0 Å². The van der Waals surface area contributed by atoms with Gasteiger partial charge < -0.3 is 0 Å². The second-order valence-corrected chi connectivity index (χ2v) is 9.56. The molecule has 0 saturated carbocycles. The predicted octanol–water partition coefficient (Wildman–Crippen LogP) is 5.88. The lowest BCUT2D eigenvalue weighted by Crippen LogP contribution is -1.82. The molecule has 0 atom stereocenters. The van der Waals surface area contributed by atoms with E-state index in [2.05, 4.69) is 13.8 Å². The van der Waals surface area contributed by atoms with Crippen LogP contribution in [0, 0.1) is 0 Å². The average Bonchev–Trinajstić information content (AvgIpc) is 3.22. The van der Waals surface area contributed by atoms with E-state index in [0.29, 0.717) is 0 Å². The first-order valence-electron chi connectivity index (χ1n) is 6.50. The molecule has 0 spiro atoms. The Morgan fingerprint density at radius 2 is 1.27 bits per heavy atom. The van der Waals surface area contributed by atoms with Crippen molar-refractivity contribution in [2.75, 3.05) is 0 Å². The Morgan fingerprint density at radius 1 is 0.818 bits per heavy atom. The summed E-state index contributed by atoms with van der Waals surface area (Å²) >= 11 is 6.51. The number of thioether (sulfide) groups is 2. The number of hydrogen-bond acceptors (Lipinski definition) is 6. The number of carbonyl (C=O) groups excluding carboxylic acids is 2. The Bertz CT molecular complexity index is 743. The van der Waals surface area contributed by atoms with Gasteiger partial charge in [0.05, 0.1) is 14.0 Å². The molecule has 112 valence electrons. The number of aldehydes is 2. The van der Waals surface area contributed by atoms with Crippen LogP contribution in [0.25, 0.3) is 5.57 Å². The van der Waals surface area contributed by atoms with Gasteiger partial charge in [0, 0.05) is 15.3 Å². The summed E-state index contributed by atoms with van der Waals surface area (Å²) in [6.07, 6.45) is 1.76. The molecule has 0 N–H and O–H groups in total. The summed E-state index contributed by atoms with van der Waals surface area (Å²) in [6, 6.07) is 7.67. The number of rotatable bonds is 4. The zero-order valence-electron chi connectivity index (χ0n) is 11.9. The van der Waals surface area contributed by atoms with Crippen LogP contribution < -0.4 is 0 Å². The lowest BCUT2D eigenvalue weighted by molar-refractivity contribution is 0.111. The molecule has 1 aliphatic heterocycles. The van der Waals surface area contributed by atoms with Crippen molar-refractivity contribution in [2.24, 2.45) is 0 Å². The largest absolute Gasteiger partial charge is 0.297 e. The van der Waals surface area contributed by atoms with Gasteiger partial charge in [-0.2, -0.15) is 0 Å². The van der Waals surface area contributed by atoms with Crippen LogP contribution in [0.5, 0.6) is 0 Å². The predicted molar refractivity (Wildman–Crippen MR) is 99.0 cm³/mol. The van der Waals surface area contributed by atoms with Crippen molar-refractivity contribution < 1.29 is 9.59 Å². The normalized spacial score (nSPS) is 14.5. The molecule has 0 unspecified atom stereocenters. The fraction of sp³-hybridized carbons (Fsp3) is 0.125. The SMILES string of the molecule is CC1=C(C)SC(=C(c2ccc(C=O)s2)c2ccc(C=O)s2)S1. The fourth-order valence-electron chi connectivity index (χ4n) is 1.97. The van der Waals surface area contributed by atoms with Gasteiger partial charge in [-0.05, 0) is 47.9 Å². The van der Waals surface area contributed by atoms with Gasteiger partial charge in [-0.25, -0.2) is 0 Å². The molecule has 0 saturated heterocycles.